The van der Waals surface area contributed by atoms with Crippen molar-refractivity contribution in [3.8, 4) is 5.75 Å². The average molecular weight is 490 g/mol. The van der Waals surface area contributed by atoms with E-state index in [9.17, 15) is 31.1 Å². The van der Waals surface area contributed by atoms with Crippen LogP contribution in [-0.2, 0) is 21.3 Å². The quantitative estimate of drug-likeness (QED) is 0.576. The van der Waals surface area contributed by atoms with Crippen LogP contribution in [0.2, 0.25) is 0 Å². The lowest BCUT2D eigenvalue weighted by atomic mass is 9.85. The van der Waals surface area contributed by atoms with Crippen LogP contribution in [0.5, 0.6) is 5.75 Å². The number of rotatable bonds is 5. The van der Waals surface area contributed by atoms with Gasteiger partial charge in [0.15, 0.2) is 0 Å². The lowest BCUT2D eigenvalue weighted by molar-refractivity contribution is -0.143. The Kier molecular flexibility index (Phi) is 6.47. The van der Waals surface area contributed by atoms with E-state index >= 15 is 0 Å². The van der Waals surface area contributed by atoms with Gasteiger partial charge in [-0.3, -0.25) is 9.78 Å². The standard InChI is InChI=1S/C22H20F6N2O4/c23-21(24,25)7-10-32-16-5-4-14(11-15(16)22(26,27)28)19(31)30-9-6-20(17-3-1-2-8-29-17)18(12-30)33-13-34-20/h1-5,8,11,18H,6-7,9-10,12-13H2. The molecule has 184 valence electrons. The fraction of sp³-hybridized carbons (Fsp3) is 0.455. The number of amides is 1. The van der Waals surface area contributed by atoms with E-state index in [0.717, 1.165) is 12.1 Å². The molecule has 1 amide bonds. The number of likely N-dealkylation sites (tertiary alicyclic amines) is 1. The van der Waals surface area contributed by atoms with E-state index in [1.165, 1.54) is 4.90 Å². The van der Waals surface area contributed by atoms with Gasteiger partial charge in [-0.05, 0) is 30.3 Å². The zero-order valence-corrected chi connectivity index (χ0v) is 17.7. The first-order valence-electron chi connectivity index (χ1n) is 10.4. The molecule has 12 heteroatoms. The van der Waals surface area contributed by atoms with Gasteiger partial charge < -0.3 is 19.1 Å². The first-order chi connectivity index (χ1) is 16.0. The zero-order valence-electron chi connectivity index (χ0n) is 17.7. The molecular formula is C22H20F6N2O4. The monoisotopic (exact) mass is 490 g/mol. The van der Waals surface area contributed by atoms with Crippen LogP contribution in [0.25, 0.3) is 0 Å². The Hall–Kier alpha value is -2.86. The van der Waals surface area contributed by atoms with Crippen LogP contribution in [0.1, 0.15) is 34.5 Å². The summed E-state index contributed by atoms with van der Waals surface area (Å²) in [5.74, 6) is -1.44. The number of halogens is 6. The van der Waals surface area contributed by atoms with Crippen LogP contribution in [0.4, 0.5) is 26.3 Å². The van der Waals surface area contributed by atoms with Gasteiger partial charge in [0.25, 0.3) is 5.91 Å². The smallest absolute Gasteiger partial charge is 0.419 e. The molecule has 2 fully saturated rings. The first-order valence-corrected chi connectivity index (χ1v) is 10.4. The molecule has 3 heterocycles. The van der Waals surface area contributed by atoms with Gasteiger partial charge in [-0.2, -0.15) is 26.3 Å². The van der Waals surface area contributed by atoms with Gasteiger partial charge in [0.2, 0.25) is 0 Å². The van der Waals surface area contributed by atoms with Crippen LogP contribution in [-0.4, -0.2) is 54.6 Å². The van der Waals surface area contributed by atoms with E-state index in [1.54, 1.807) is 24.4 Å². The number of carbonyl (C=O) groups excluding carboxylic acids is 1. The summed E-state index contributed by atoms with van der Waals surface area (Å²) >= 11 is 0. The van der Waals surface area contributed by atoms with Crippen molar-refractivity contribution in [2.24, 2.45) is 0 Å². The third-order valence-corrected chi connectivity index (χ3v) is 5.81. The van der Waals surface area contributed by atoms with Crippen molar-refractivity contribution in [2.75, 3.05) is 26.5 Å². The van der Waals surface area contributed by atoms with Crippen molar-refractivity contribution in [3.63, 3.8) is 0 Å². The Bertz CT molecular complexity index is 1030. The van der Waals surface area contributed by atoms with E-state index in [2.05, 4.69) is 4.98 Å². The fourth-order valence-corrected chi connectivity index (χ4v) is 4.11. The number of aromatic nitrogens is 1. The summed E-state index contributed by atoms with van der Waals surface area (Å²) in [7, 11) is 0. The second-order valence-electron chi connectivity index (χ2n) is 7.95. The third kappa shape index (κ3) is 4.97. The largest absolute Gasteiger partial charge is 0.493 e. The molecule has 6 nitrogen and oxygen atoms in total. The maximum atomic E-state index is 13.5. The summed E-state index contributed by atoms with van der Waals surface area (Å²) in [5, 5.41) is 0. The summed E-state index contributed by atoms with van der Waals surface area (Å²) in [5.41, 5.74) is -1.80. The van der Waals surface area contributed by atoms with Gasteiger partial charge in [0.05, 0.1) is 30.8 Å². The van der Waals surface area contributed by atoms with Gasteiger partial charge in [-0.1, -0.05) is 6.07 Å². The third-order valence-electron chi connectivity index (χ3n) is 5.81. The van der Waals surface area contributed by atoms with Crippen LogP contribution >= 0.6 is 0 Å². The number of pyridine rings is 1. The predicted molar refractivity (Wildman–Crippen MR) is 105 cm³/mol. The normalized spacial score (nSPS) is 23.0. The molecule has 0 spiro atoms. The maximum absolute atomic E-state index is 13.5. The van der Waals surface area contributed by atoms with Crippen molar-refractivity contribution in [2.45, 2.75) is 36.9 Å². The molecule has 0 aliphatic carbocycles. The summed E-state index contributed by atoms with van der Waals surface area (Å²) in [6, 6.07) is 7.89. The van der Waals surface area contributed by atoms with Gasteiger partial charge in [-0.25, -0.2) is 0 Å². The van der Waals surface area contributed by atoms with E-state index < -0.39 is 54.3 Å². The summed E-state index contributed by atoms with van der Waals surface area (Å²) in [4.78, 5) is 18.7. The van der Waals surface area contributed by atoms with Crippen LogP contribution in [0.3, 0.4) is 0 Å². The number of hydrogen-bond acceptors (Lipinski definition) is 5. The molecule has 2 aromatic rings. The molecule has 0 N–H and O–H groups in total. The lowest BCUT2D eigenvalue weighted by Crippen LogP contribution is -2.53. The summed E-state index contributed by atoms with van der Waals surface area (Å²) < 4.78 is 93.8. The topological polar surface area (TPSA) is 60.9 Å². The Morgan fingerprint density at radius 2 is 1.97 bits per heavy atom. The highest BCUT2D eigenvalue weighted by atomic mass is 19.4. The molecule has 0 saturated carbocycles. The van der Waals surface area contributed by atoms with Gasteiger partial charge >= 0.3 is 12.4 Å². The van der Waals surface area contributed by atoms with E-state index in [0.29, 0.717) is 18.2 Å². The Balaban J connectivity index is 1.52. The summed E-state index contributed by atoms with van der Waals surface area (Å²) in [6.07, 6.45) is -9.53. The Morgan fingerprint density at radius 1 is 1.18 bits per heavy atom. The molecule has 34 heavy (non-hydrogen) atoms. The van der Waals surface area contributed by atoms with Crippen molar-refractivity contribution >= 4 is 5.91 Å². The van der Waals surface area contributed by atoms with Crippen LogP contribution < -0.4 is 4.74 Å². The Morgan fingerprint density at radius 3 is 2.65 bits per heavy atom. The van der Waals surface area contributed by atoms with Crippen molar-refractivity contribution in [3.05, 3.63) is 59.4 Å². The van der Waals surface area contributed by atoms with E-state index in [-0.39, 0.29) is 25.4 Å². The van der Waals surface area contributed by atoms with Crippen LogP contribution in [0, 0.1) is 0 Å². The first kappa shape index (κ1) is 24.3. The highest BCUT2D eigenvalue weighted by Gasteiger charge is 2.52. The highest BCUT2D eigenvalue weighted by Crippen LogP contribution is 2.42. The SMILES string of the molecule is O=C(c1ccc(OCCC(F)(F)F)c(C(F)(F)F)c1)N1CCC2(c3ccccn3)OCOC2C1. The number of benzene rings is 1. The van der Waals surface area contributed by atoms with Crippen molar-refractivity contribution in [1.29, 1.82) is 0 Å². The Labute approximate surface area is 190 Å². The number of carbonyl (C=O) groups is 1. The lowest BCUT2D eigenvalue weighted by Gasteiger charge is -2.41. The molecule has 2 saturated heterocycles. The summed E-state index contributed by atoms with van der Waals surface area (Å²) in [6.45, 7) is -0.729. The van der Waals surface area contributed by atoms with Crippen molar-refractivity contribution in [1.82, 2.24) is 9.88 Å². The molecule has 1 aromatic carbocycles. The number of alkyl halides is 6. The predicted octanol–water partition coefficient (Wildman–Crippen LogP) is 4.55. The minimum Gasteiger partial charge on any atom is -0.493 e. The fourth-order valence-electron chi connectivity index (χ4n) is 4.11. The number of hydrogen-bond donors (Lipinski definition) is 0. The number of piperidine rings is 1. The minimum absolute atomic E-state index is 0.00848. The molecule has 1 aromatic heterocycles. The van der Waals surface area contributed by atoms with Gasteiger partial charge in [-0.15, -0.1) is 0 Å². The van der Waals surface area contributed by atoms with Gasteiger partial charge in [0, 0.05) is 24.7 Å². The minimum atomic E-state index is -4.93. The molecule has 2 aliphatic rings. The number of fused-ring (bicyclic) bond motifs is 1. The molecule has 0 radical (unpaired) electrons. The van der Waals surface area contributed by atoms with E-state index in [4.69, 9.17) is 14.2 Å². The van der Waals surface area contributed by atoms with Crippen LogP contribution in [0.15, 0.2) is 42.6 Å². The van der Waals surface area contributed by atoms with Gasteiger partial charge in [0.1, 0.15) is 24.2 Å². The maximum Gasteiger partial charge on any atom is 0.419 e. The average Bonchev–Trinajstić information content (AvgIpc) is 3.22. The second kappa shape index (κ2) is 9.06. The number of ether oxygens (including phenoxy) is 3. The van der Waals surface area contributed by atoms with Crippen molar-refractivity contribution < 1.29 is 45.3 Å². The zero-order chi connectivity index (χ0) is 24.6. The molecule has 4 rings (SSSR count). The number of nitrogens with zero attached hydrogens (tertiary/aromatic N) is 2. The molecule has 2 unspecified atom stereocenters. The molecular weight excluding hydrogens is 470 g/mol. The van der Waals surface area contributed by atoms with E-state index in [1.807, 2.05) is 0 Å². The second-order valence-corrected chi connectivity index (χ2v) is 7.95. The molecule has 2 aliphatic heterocycles. The highest BCUT2D eigenvalue weighted by molar-refractivity contribution is 5.94. The molecule has 2 atom stereocenters. The molecule has 0 bridgehead atoms.